The third kappa shape index (κ3) is 5.77. The van der Waals surface area contributed by atoms with E-state index in [1.165, 1.54) is 0 Å². The fourth-order valence-electron chi connectivity index (χ4n) is 1.24. The molecular formula is C14H19F2NO. The summed E-state index contributed by atoms with van der Waals surface area (Å²) in [4.78, 5) is 0. The lowest BCUT2D eigenvalue weighted by Gasteiger charge is -2.21. The maximum absolute atomic E-state index is 12.9. The van der Waals surface area contributed by atoms with Gasteiger partial charge in [-0.2, -0.15) is 0 Å². The Labute approximate surface area is 107 Å². The quantitative estimate of drug-likeness (QED) is 0.815. The first-order valence-electron chi connectivity index (χ1n) is 5.77. The fourth-order valence-corrected chi connectivity index (χ4v) is 1.24. The van der Waals surface area contributed by atoms with Crippen molar-refractivity contribution in [3.05, 3.63) is 42.0 Å². The van der Waals surface area contributed by atoms with Crippen LogP contribution < -0.4 is 10.1 Å². The predicted octanol–water partition coefficient (Wildman–Crippen LogP) is 3.29. The first kappa shape index (κ1) is 14.6. The van der Waals surface area contributed by atoms with E-state index in [0.717, 1.165) is 23.8 Å². The Morgan fingerprint density at radius 3 is 2.28 bits per heavy atom. The lowest BCUT2D eigenvalue weighted by atomic mass is 10.1. The third-order valence-corrected chi connectivity index (χ3v) is 2.15. The second-order valence-electron chi connectivity index (χ2n) is 5.25. The summed E-state index contributed by atoms with van der Waals surface area (Å²) in [6, 6.07) is 3.10. The van der Waals surface area contributed by atoms with E-state index in [9.17, 15) is 8.78 Å². The Kier molecular flexibility index (Phi) is 4.84. The van der Waals surface area contributed by atoms with E-state index in [4.69, 9.17) is 4.74 Å². The molecule has 0 atom stereocenters. The average Bonchev–Trinajstić information content (AvgIpc) is 2.21. The fraction of sp³-hybridized carbons (Fsp3) is 0.429. The van der Waals surface area contributed by atoms with Crippen molar-refractivity contribution in [2.75, 3.05) is 13.2 Å². The van der Waals surface area contributed by atoms with E-state index < -0.39 is 11.6 Å². The average molecular weight is 255 g/mol. The lowest BCUT2D eigenvalue weighted by Crippen LogP contribution is -2.37. The van der Waals surface area contributed by atoms with Crippen LogP contribution in [0.4, 0.5) is 8.78 Å². The minimum Gasteiger partial charge on any atom is -0.489 e. The number of benzene rings is 1. The number of nitrogens with one attached hydrogen (secondary N) is 1. The lowest BCUT2D eigenvalue weighted by molar-refractivity contribution is 0.337. The minimum absolute atomic E-state index is 0.00605. The van der Waals surface area contributed by atoms with Gasteiger partial charge in [-0.3, -0.25) is 0 Å². The maximum atomic E-state index is 12.9. The molecule has 4 heteroatoms. The van der Waals surface area contributed by atoms with E-state index in [-0.39, 0.29) is 17.9 Å². The van der Waals surface area contributed by atoms with Crippen molar-refractivity contribution in [3.63, 3.8) is 0 Å². The summed E-state index contributed by atoms with van der Waals surface area (Å²) in [6.07, 6.45) is 0. The molecule has 0 saturated heterocycles. The normalized spacial score (nSPS) is 11.4. The van der Waals surface area contributed by atoms with Gasteiger partial charge >= 0.3 is 0 Å². The Balaban J connectivity index is 2.43. The molecule has 0 aromatic heterocycles. The molecule has 0 aliphatic heterocycles. The van der Waals surface area contributed by atoms with E-state index in [0.29, 0.717) is 6.54 Å². The monoisotopic (exact) mass is 255 g/mol. The van der Waals surface area contributed by atoms with Crippen LogP contribution in [0, 0.1) is 11.6 Å². The molecule has 0 heterocycles. The van der Waals surface area contributed by atoms with Gasteiger partial charge in [-0.25, -0.2) is 8.78 Å². The van der Waals surface area contributed by atoms with Crippen LogP contribution in [0.2, 0.25) is 0 Å². The standard InChI is InChI=1S/C14H19F2NO/c1-10(8-17-14(2,3)4)9-18-13-6-11(15)5-12(16)7-13/h5-7,17H,1,8-9H2,2-4H3. The molecule has 1 aromatic carbocycles. The number of hydrogen-bond acceptors (Lipinski definition) is 2. The van der Waals surface area contributed by atoms with Gasteiger partial charge in [0.2, 0.25) is 0 Å². The molecule has 0 radical (unpaired) electrons. The maximum Gasteiger partial charge on any atom is 0.129 e. The van der Waals surface area contributed by atoms with Gasteiger partial charge in [0.1, 0.15) is 24.0 Å². The molecule has 1 N–H and O–H groups in total. The molecule has 1 aromatic rings. The summed E-state index contributed by atoms with van der Waals surface area (Å²) in [6.45, 7) is 10.8. The van der Waals surface area contributed by atoms with Gasteiger partial charge in [0, 0.05) is 30.3 Å². The van der Waals surface area contributed by atoms with Gasteiger partial charge < -0.3 is 10.1 Å². The van der Waals surface area contributed by atoms with Crippen LogP contribution in [0.25, 0.3) is 0 Å². The molecule has 0 aliphatic rings. The highest BCUT2D eigenvalue weighted by atomic mass is 19.1. The summed E-state index contributed by atoms with van der Waals surface area (Å²) < 4.78 is 31.1. The summed E-state index contributed by atoms with van der Waals surface area (Å²) in [7, 11) is 0. The molecular weight excluding hydrogens is 236 g/mol. The van der Waals surface area contributed by atoms with Gasteiger partial charge in [0.15, 0.2) is 0 Å². The summed E-state index contributed by atoms with van der Waals surface area (Å²) >= 11 is 0. The summed E-state index contributed by atoms with van der Waals surface area (Å²) in [5.74, 6) is -1.13. The Morgan fingerprint density at radius 1 is 1.22 bits per heavy atom. The molecule has 2 nitrogen and oxygen atoms in total. The van der Waals surface area contributed by atoms with Crippen molar-refractivity contribution in [1.82, 2.24) is 5.32 Å². The zero-order chi connectivity index (χ0) is 13.8. The third-order valence-electron chi connectivity index (χ3n) is 2.15. The zero-order valence-corrected chi connectivity index (χ0v) is 11.0. The van der Waals surface area contributed by atoms with Crippen LogP contribution in [0.1, 0.15) is 20.8 Å². The molecule has 18 heavy (non-hydrogen) atoms. The molecule has 0 bridgehead atoms. The van der Waals surface area contributed by atoms with Gasteiger partial charge in [0.05, 0.1) is 0 Å². The van der Waals surface area contributed by atoms with E-state index >= 15 is 0 Å². The van der Waals surface area contributed by atoms with Crippen molar-refractivity contribution in [2.45, 2.75) is 26.3 Å². The molecule has 0 fully saturated rings. The van der Waals surface area contributed by atoms with Crippen LogP contribution in [0.5, 0.6) is 5.75 Å². The number of rotatable bonds is 5. The summed E-state index contributed by atoms with van der Waals surface area (Å²) in [5, 5.41) is 3.25. The van der Waals surface area contributed by atoms with Crippen molar-refractivity contribution in [2.24, 2.45) is 0 Å². The van der Waals surface area contributed by atoms with Gasteiger partial charge in [-0.15, -0.1) is 0 Å². The zero-order valence-electron chi connectivity index (χ0n) is 11.0. The largest absolute Gasteiger partial charge is 0.489 e. The van der Waals surface area contributed by atoms with Crippen LogP contribution in [-0.2, 0) is 0 Å². The number of ether oxygens (including phenoxy) is 1. The highest BCUT2D eigenvalue weighted by molar-refractivity contribution is 5.24. The Morgan fingerprint density at radius 2 is 1.78 bits per heavy atom. The molecule has 0 aliphatic carbocycles. The highest BCUT2D eigenvalue weighted by Crippen LogP contribution is 2.15. The van der Waals surface area contributed by atoms with Crippen molar-refractivity contribution in [1.29, 1.82) is 0 Å². The molecule has 1 rings (SSSR count). The van der Waals surface area contributed by atoms with Crippen LogP contribution in [0.15, 0.2) is 30.4 Å². The van der Waals surface area contributed by atoms with Crippen LogP contribution in [0.3, 0.4) is 0 Å². The first-order chi connectivity index (χ1) is 8.26. The molecule has 0 amide bonds. The second kappa shape index (κ2) is 5.96. The second-order valence-corrected chi connectivity index (χ2v) is 5.25. The van der Waals surface area contributed by atoms with Crippen LogP contribution in [-0.4, -0.2) is 18.7 Å². The first-order valence-corrected chi connectivity index (χ1v) is 5.77. The van der Waals surface area contributed by atoms with Crippen molar-refractivity contribution < 1.29 is 13.5 Å². The predicted molar refractivity (Wildman–Crippen MR) is 68.7 cm³/mol. The number of halogens is 2. The molecule has 0 unspecified atom stereocenters. The Bertz CT molecular complexity index is 404. The minimum atomic E-state index is -0.650. The highest BCUT2D eigenvalue weighted by Gasteiger charge is 2.09. The molecule has 100 valence electrons. The van der Waals surface area contributed by atoms with Gasteiger partial charge in [-0.1, -0.05) is 6.58 Å². The molecule has 0 saturated carbocycles. The van der Waals surface area contributed by atoms with Gasteiger partial charge in [-0.05, 0) is 26.3 Å². The van der Waals surface area contributed by atoms with Crippen molar-refractivity contribution >= 4 is 0 Å². The van der Waals surface area contributed by atoms with Crippen molar-refractivity contribution in [3.8, 4) is 5.75 Å². The van der Waals surface area contributed by atoms with Crippen LogP contribution >= 0.6 is 0 Å². The smallest absolute Gasteiger partial charge is 0.129 e. The van der Waals surface area contributed by atoms with E-state index in [2.05, 4.69) is 11.9 Å². The van der Waals surface area contributed by atoms with E-state index in [1.807, 2.05) is 20.8 Å². The Hall–Kier alpha value is -1.42. The van der Waals surface area contributed by atoms with E-state index in [1.54, 1.807) is 0 Å². The SMILES string of the molecule is C=C(CNC(C)(C)C)COc1cc(F)cc(F)c1. The van der Waals surface area contributed by atoms with Gasteiger partial charge in [0.25, 0.3) is 0 Å². The molecule has 0 spiro atoms. The summed E-state index contributed by atoms with van der Waals surface area (Å²) in [5.41, 5.74) is 0.808. The topological polar surface area (TPSA) is 21.3 Å². The number of hydrogen-bond donors (Lipinski definition) is 1.